The normalized spacial score (nSPS) is 13.6. The summed E-state index contributed by atoms with van der Waals surface area (Å²) in [4.78, 5) is 0.723. The fourth-order valence-corrected chi connectivity index (χ4v) is 3.18. The summed E-state index contributed by atoms with van der Waals surface area (Å²) in [6.45, 7) is 0. The zero-order chi connectivity index (χ0) is 14.2. The second-order valence-corrected chi connectivity index (χ2v) is 6.46. The van der Waals surface area contributed by atoms with Crippen LogP contribution < -0.4 is 5.73 Å². The van der Waals surface area contributed by atoms with Crippen LogP contribution in [-0.4, -0.2) is 0 Å². The molecule has 0 aliphatic heterocycles. The van der Waals surface area contributed by atoms with Crippen molar-refractivity contribution in [2.45, 2.75) is 12.2 Å². The van der Waals surface area contributed by atoms with E-state index < -0.39 is 17.8 Å². The molecule has 0 spiro atoms. The van der Waals surface area contributed by atoms with Crippen molar-refractivity contribution in [3.63, 3.8) is 0 Å². The molecule has 0 aliphatic rings. The van der Waals surface area contributed by atoms with E-state index in [-0.39, 0.29) is 4.47 Å². The summed E-state index contributed by atoms with van der Waals surface area (Å²) in [7, 11) is 0. The number of rotatable bonds is 2. The van der Waals surface area contributed by atoms with Crippen LogP contribution in [0.4, 0.5) is 13.2 Å². The van der Waals surface area contributed by atoms with E-state index in [0.717, 1.165) is 10.9 Å². The van der Waals surface area contributed by atoms with Crippen molar-refractivity contribution in [3.05, 3.63) is 55.1 Å². The number of hydrogen-bond donors (Lipinski definition) is 1. The maximum atomic E-state index is 12.8. The van der Waals surface area contributed by atoms with Gasteiger partial charge in [0.2, 0.25) is 0 Å². The minimum Gasteiger partial charge on any atom is -0.320 e. The van der Waals surface area contributed by atoms with Crippen LogP contribution in [0.2, 0.25) is 4.34 Å². The van der Waals surface area contributed by atoms with Crippen molar-refractivity contribution in [3.8, 4) is 0 Å². The zero-order valence-corrected chi connectivity index (χ0v) is 12.5. The summed E-state index contributed by atoms with van der Waals surface area (Å²) >= 11 is 9.95. The summed E-state index contributed by atoms with van der Waals surface area (Å²) < 4.78 is 39.0. The molecule has 1 heterocycles. The number of thiophene rings is 1. The highest BCUT2D eigenvalue weighted by Crippen LogP contribution is 2.37. The van der Waals surface area contributed by atoms with Gasteiger partial charge in [-0.3, -0.25) is 0 Å². The summed E-state index contributed by atoms with van der Waals surface area (Å²) in [6.07, 6.45) is -4.42. The molecule has 0 radical (unpaired) electrons. The van der Waals surface area contributed by atoms with Gasteiger partial charge >= 0.3 is 6.18 Å². The first-order valence-electron chi connectivity index (χ1n) is 5.16. The van der Waals surface area contributed by atoms with E-state index in [4.69, 9.17) is 17.3 Å². The average molecular weight is 371 g/mol. The smallest absolute Gasteiger partial charge is 0.320 e. The van der Waals surface area contributed by atoms with Crippen molar-refractivity contribution in [2.75, 3.05) is 0 Å². The zero-order valence-electron chi connectivity index (χ0n) is 9.34. The predicted octanol–water partition coefficient (Wildman–Crippen LogP) is 5.23. The molecular weight excluding hydrogens is 363 g/mol. The lowest BCUT2D eigenvalue weighted by Gasteiger charge is -2.14. The van der Waals surface area contributed by atoms with Crippen LogP contribution in [0.25, 0.3) is 0 Å². The van der Waals surface area contributed by atoms with E-state index in [9.17, 15) is 13.2 Å². The van der Waals surface area contributed by atoms with Crippen LogP contribution in [0.3, 0.4) is 0 Å². The monoisotopic (exact) mass is 369 g/mol. The van der Waals surface area contributed by atoms with Crippen LogP contribution in [0.1, 0.15) is 22.0 Å². The van der Waals surface area contributed by atoms with Gasteiger partial charge < -0.3 is 5.73 Å². The number of hydrogen-bond acceptors (Lipinski definition) is 2. The van der Waals surface area contributed by atoms with Crippen LogP contribution in [0.5, 0.6) is 0 Å². The molecule has 102 valence electrons. The first-order valence-corrected chi connectivity index (χ1v) is 7.15. The second kappa shape index (κ2) is 5.44. The van der Waals surface area contributed by atoms with Crippen LogP contribution in [0, 0.1) is 0 Å². The fourth-order valence-electron chi connectivity index (χ4n) is 1.61. The van der Waals surface area contributed by atoms with E-state index in [1.165, 1.54) is 17.4 Å². The maximum Gasteiger partial charge on any atom is 0.417 e. The summed E-state index contributed by atoms with van der Waals surface area (Å²) in [5.41, 5.74) is 5.63. The number of benzene rings is 1. The lowest BCUT2D eigenvalue weighted by atomic mass is 10.0. The molecule has 0 saturated heterocycles. The second-order valence-electron chi connectivity index (χ2n) is 3.86. The van der Waals surface area contributed by atoms with Crippen molar-refractivity contribution in [1.29, 1.82) is 0 Å². The van der Waals surface area contributed by atoms with Crippen molar-refractivity contribution in [1.82, 2.24) is 0 Å². The predicted molar refractivity (Wildman–Crippen MR) is 74.5 cm³/mol. The molecule has 19 heavy (non-hydrogen) atoms. The molecule has 0 saturated carbocycles. The van der Waals surface area contributed by atoms with Gasteiger partial charge in [-0.1, -0.05) is 33.6 Å². The Kier molecular flexibility index (Phi) is 4.25. The van der Waals surface area contributed by atoms with Crippen LogP contribution >= 0.6 is 38.9 Å². The van der Waals surface area contributed by atoms with Crippen LogP contribution in [0.15, 0.2) is 34.8 Å². The van der Waals surface area contributed by atoms with Crippen molar-refractivity contribution >= 4 is 38.9 Å². The third-order valence-electron chi connectivity index (χ3n) is 2.56. The summed E-state index contributed by atoms with van der Waals surface area (Å²) in [5.74, 6) is 0. The van der Waals surface area contributed by atoms with Gasteiger partial charge in [0.05, 0.1) is 15.9 Å². The molecule has 0 bridgehead atoms. The van der Waals surface area contributed by atoms with E-state index in [0.29, 0.717) is 9.90 Å². The molecule has 2 N–H and O–H groups in total. The highest BCUT2D eigenvalue weighted by molar-refractivity contribution is 9.10. The van der Waals surface area contributed by atoms with E-state index in [1.54, 1.807) is 18.2 Å². The van der Waals surface area contributed by atoms with E-state index in [2.05, 4.69) is 15.9 Å². The molecule has 0 amide bonds. The Labute approximate surface area is 125 Å². The molecule has 1 unspecified atom stereocenters. The number of nitrogens with two attached hydrogens (primary N) is 1. The van der Waals surface area contributed by atoms with Gasteiger partial charge in [0, 0.05) is 9.35 Å². The SMILES string of the molecule is NC(c1ccc(Br)c(C(F)(F)F)c1)c1ccc(Cl)s1. The van der Waals surface area contributed by atoms with Gasteiger partial charge in [0.15, 0.2) is 0 Å². The lowest BCUT2D eigenvalue weighted by molar-refractivity contribution is -0.138. The standard InChI is InChI=1S/C12H8BrClF3NS/c13-8-2-1-6(5-7(8)12(15,16)17)11(18)9-3-4-10(14)19-9/h1-5,11H,18H2. The molecule has 2 aromatic rings. The molecule has 2 rings (SSSR count). The first kappa shape index (κ1) is 14.8. The summed E-state index contributed by atoms with van der Waals surface area (Å²) in [5, 5.41) is 0. The van der Waals surface area contributed by atoms with Crippen LogP contribution in [-0.2, 0) is 6.18 Å². The van der Waals surface area contributed by atoms with E-state index in [1.807, 2.05) is 0 Å². The molecular formula is C12H8BrClF3NS. The van der Waals surface area contributed by atoms with Crippen molar-refractivity contribution in [2.24, 2.45) is 5.73 Å². The number of halogens is 5. The van der Waals surface area contributed by atoms with E-state index >= 15 is 0 Å². The fraction of sp³-hybridized carbons (Fsp3) is 0.167. The molecule has 0 aliphatic carbocycles. The van der Waals surface area contributed by atoms with Gasteiger partial charge in [-0.25, -0.2) is 0 Å². The molecule has 1 nitrogen and oxygen atoms in total. The van der Waals surface area contributed by atoms with Crippen molar-refractivity contribution < 1.29 is 13.2 Å². The Balaban J connectivity index is 2.41. The van der Waals surface area contributed by atoms with Gasteiger partial charge in [0.1, 0.15) is 0 Å². The Morgan fingerprint density at radius 2 is 1.89 bits per heavy atom. The van der Waals surface area contributed by atoms with Gasteiger partial charge in [-0.05, 0) is 29.8 Å². The lowest BCUT2D eigenvalue weighted by Crippen LogP contribution is -2.13. The Morgan fingerprint density at radius 3 is 2.42 bits per heavy atom. The molecule has 1 aromatic heterocycles. The molecule has 7 heteroatoms. The Bertz CT molecular complexity index is 597. The third kappa shape index (κ3) is 3.31. The highest BCUT2D eigenvalue weighted by Gasteiger charge is 2.33. The number of alkyl halides is 3. The first-order chi connectivity index (χ1) is 8.79. The minimum absolute atomic E-state index is 0.000150. The maximum absolute atomic E-state index is 12.8. The average Bonchev–Trinajstić information content (AvgIpc) is 2.74. The van der Waals surface area contributed by atoms with Gasteiger partial charge in [0.25, 0.3) is 0 Å². The highest BCUT2D eigenvalue weighted by atomic mass is 79.9. The molecule has 0 fully saturated rings. The Hall–Kier alpha value is -0.560. The summed E-state index contributed by atoms with van der Waals surface area (Å²) in [6, 6.07) is 6.75. The topological polar surface area (TPSA) is 26.0 Å². The quantitative estimate of drug-likeness (QED) is 0.769. The molecule has 1 aromatic carbocycles. The minimum atomic E-state index is -4.42. The molecule has 1 atom stereocenters. The van der Waals surface area contributed by atoms with Gasteiger partial charge in [-0.2, -0.15) is 13.2 Å². The van der Waals surface area contributed by atoms with Gasteiger partial charge in [-0.15, -0.1) is 11.3 Å². The third-order valence-corrected chi connectivity index (χ3v) is 4.56. The Morgan fingerprint density at radius 1 is 1.21 bits per heavy atom. The largest absolute Gasteiger partial charge is 0.417 e.